The normalized spacial score (nSPS) is 17.5. The maximum absolute atomic E-state index is 12.2. The molecule has 3 heterocycles. The van der Waals surface area contributed by atoms with Crippen molar-refractivity contribution >= 4 is 5.91 Å². The minimum atomic E-state index is -0.189. The first-order chi connectivity index (χ1) is 8.75. The first-order valence-corrected chi connectivity index (χ1v) is 6.01. The monoisotopic (exact) mass is 245 g/mol. The summed E-state index contributed by atoms with van der Waals surface area (Å²) in [6.07, 6.45) is 8.87. The Morgan fingerprint density at radius 2 is 2.17 bits per heavy atom. The smallest absolute Gasteiger partial charge is 0.245 e. The average Bonchev–Trinajstić information content (AvgIpc) is 2.98. The first-order valence-electron chi connectivity index (χ1n) is 6.01. The molecular weight excluding hydrogens is 230 g/mol. The second kappa shape index (κ2) is 4.29. The van der Waals surface area contributed by atoms with Gasteiger partial charge in [0, 0.05) is 37.9 Å². The molecule has 18 heavy (non-hydrogen) atoms. The number of carbonyl (C=O) groups is 1. The third-order valence-electron chi connectivity index (χ3n) is 3.40. The van der Waals surface area contributed by atoms with E-state index < -0.39 is 0 Å². The van der Waals surface area contributed by atoms with Gasteiger partial charge in [0.05, 0.1) is 12.4 Å². The van der Waals surface area contributed by atoms with Gasteiger partial charge in [-0.25, -0.2) is 4.98 Å². The van der Waals surface area contributed by atoms with Crippen molar-refractivity contribution in [1.29, 1.82) is 0 Å². The molecule has 2 aromatic rings. The molecular formula is C12H15N5O. The molecule has 6 heteroatoms. The number of hydrogen-bond acceptors (Lipinski definition) is 3. The highest BCUT2D eigenvalue weighted by molar-refractivity contribution is 5.80. The van der Waals surface area contributed by atoms with Gasteiger partial charge in [0.15, 0.2) is 0 Å². The Kier molecular flexibility index (Phi) is 2.62. The molecule has 0 aliphatic carbocycles. The van der Waals surface area contributed by atoms with E-state index in [0.29, 0.717) is 6.04 Å². The van der Waals surface area contributed by atoms with Crippen LogP contribution in [0.25, 0.3) is 0 Å². The van der Waals surface area contributed by atoms with Gasteiger partial charge in [-0.15, -0.1) is 0 Å². The van der Waals surface area contributed by atoms with Gasteiger partial charge in [-0.3, -0.25) is 9.48 Å². The summed E-state index contributed by atoms with van der Waals surface area (Å²) in [4.78, 5) is 18.0. The fourth-order valence-electron chi connectivity index (χ4n) is 2.19. The molecule has 1 saturated heterocycles. The van der Waals surface area contributed by atoms with Crippen LogP contribution in [0.2, 0.25) is 0 Å². The van der Waals surface area contributed by atoms with Gasteiger partial charge >= 0.3 is 0 Å². The highest BCUT2D eigenvalue weighted by Gasteiger charge is 2.34. The van der Waals surface area contributed by atoms with Crippen LogP contribution in [0, 0.1) is 0 Å². The zero-order valence-corrected chi connectivity index (χ0v) is 10.2. The van der Waals surface area contributed by atoms with Crippen LogP contribution in [-0.2, 0) is 4.79 Å². The van der Waals surface area contributed by atoms with E-state index in [1.165, 1.54) is 0 Å². The maximum Gasteiger partial charge on any atom is 0.245 e. The minimum absolute atomic E-state index is 0.136. The summed E-state index contributed by atoms with van der Waals surface area (Å²) in [5.41, 5.74) is 0. The molecule has 94 valence electrons. The van der Waals surface area contributed by atoms with Crippen LogP contribution in [0.5, 0.6) is 0 Å². The van der Waals surface area contributed by atoms with Gasteiger partial charge in [0.25, 0.3) is 0 Å². The van der Waals surface area contributed by atoms with E-state index in [2.05, 4.69) is 10.1 Å². The van der Waals surface area contributed by atoms with Crippen LogP contribution in [0.4, 0.5) is 0 Å². The van der Waals surface area contributed by atoms with Gasteiger partial charge in [-0.2, -0.15) is 5.10 Å². The molecule has 1 amide bonds. The van der Waals surface area contributed by atoms with Crippen LogP contribution in [0.15, 0.2) is 37.2 Å². The molecule has 0 aromatic carbocycles. The summed E-state index contributed by atoms with van der Waals surface area (Å²) >= 11 is 0. The number of likely N-dealkylation sites (tertiary alicyclic amines) is 1. The van der Waals surface area contributed by atoms with Gasteiger partial charge in [-0.05, 0) is 13.0 Å². The van der Waals surface area contributed by atoms with Gasteiger partial charge in [0.2, 0.25) is 5.91 Å². The predicted octanol–water partition coefficient (Wildman–Crippen LogP) is 0.724. The standard InChI is InChI=1S/C12H15N5O/c1-10(15-6-4-13-9-15)12(18)16-7-11(8-16)17-5-2-3-14-17/h2-6,9-11H,7-8H2,1H3/t10-/m0/s1. The van der Waals surface area contributed by atoms with Crippen LogP contribution >= 0.6 is 0 Å². The van der Waals surface area contributed by atoms with E-state index in [-0.39, 0.29) is 11.9 Å². The van der Waals surface area contributed by atoms with E-state index in [4.69, 9.17) is 0 Å². The lowest BCUT2D eigenvalue weighted by Crippen LogP contribution is -2.52. The Balaban J connectivity index is 1.60. The molecule has 3 rings (SSSR count). The molecule has 1 atom stereocenters. The lowest BCUT2D eigenvalue weighted by atomic mass is 10.1. The summed E-state index contributed by atoms with van der Waals surface area (Å²) in [7, 11) is 0. The van der Waals surface area contributed by atoms with Crippen LogP contribution < -0.4 is 0 Å². The van der Waals surface area contributed by atoms with Crippen LogP contribution in [0.1, 0.15) is 19.0 Å². The number of nitrogens with zero attached hydrogens (tertiary/aromatic N) is 5. The number of carbonyl (C=O) groups excluding carboxylic acids is 1. The molecule has 1 fully saturated rings. The van der Waals surface area contributed by atoms with Crippen molar-refractivity contribution in [1.82, 2.24) is 24.2 Å². The van der Waals surface area contributed by atoms with Crippen molar-refractivity contribution in [3.05, 3.63) is 37.2 Å². The quantitative estimate of drug-likeness (QED) is 0.800. The van der Waals surface area contributed by atoms with Crippen molar-refractivity contribution < 1.29 is 4.79 Å². The average molecular weight is 245 g/mol. The molecule has 0 saturated carbocycles. The Morgan fingerprint density at radius 1 is 1.33 bits per heavy atom. The van der Waals surface area contributed by atoms with E-state index in [1.807, 2.05) is 39.5 Å². The van der Waals surface area contributed by atoms with E-state index >= 15 is 0 Å². The van der Waals surface area contributed by atoms with E-state index in [1.54, 1.807) is 18.7 Å². The Hall–Kier alpha value is -2.11. The van der Waals surface area contributed by atoms with Crippen molar-refractivity contribution in [2.45, 2.75) is 19.0 Å². The summed E-state index contributed by atoms with van der Waals surface area (Å²) in [6, 6.07) is 2.03. The third-order valence-corrected chi connectivity index (χ3v) is 3.40. The largest absolute Gasteiger partial charge is 0.336 e. The molecule has 0 unspecified atom stereocenters. The lowest BCUT2D eigenvalue weighted by molar-refractivity contribution is -0.140. The fourth-order valence-corrected chi connectivity index (χ4v) is 2.19. The number of imidazole rings is 1. The molecule has 0 spiro atoms. The minimum Gasteiger partial charge on any atom is -0.336 e. The third kappa shape index (κ3) is 1.79. The second-order valence-corrected chi connectivity index (χ2v) is 4.57. The number of aromatic nitrogens is 4. The van der Waals surface area contributed by atoms with Crippen LogP contribution in [-0.4, -0.2) is 43.2 Å². The SMILES string of the molecule is C[C@@H](C(=O)N1CC(n2cccn2)C1)n1ccnc1. The highest BCUT2D eigenvalue weighted by atomic mass is 16.2. The first kappa shape index (κ1) is 11.0. The maximum atomic E-state index is 12.2. The highest BCUT2D eigenvalue weighted by Crippen LogP contribution is 2.23. The molecule has 6 nitrogen and oxygen atoms in total. The Labute approximate surface area is 105 Å². The molecule has 0 N–H and O–H groups in total. The van der Waals surface area contributed by atoms with Crippen molar-refractivity contribution in [2.24, 2.45) is 0 Å². The number of hydrogen-bond donors (Lipinski definition) is 0. The van der Waals surface area contributed by atoms with E-state index in [0.717, 1.165) is 13.1 Å². The molecule has 0 radical (unpaired) electrons. The van der Waals surface area contributed by atoms with E-state index in [9.17, 15) is 4.79 Å². The topological polar surface area (TPSA) is 56.0 Å². The Bertz CT molecular complexity index is 513. The zero-order valence-electron chi connectivity index (χ0n) is 10.2. The molecule has 1 aliphatic rings. The summed E-state index contributed by atoms with van der Waals surface area (Å²) < 4.78 is 3.73. The van der Waals surface area contributed by atoms with Crippen LogP contribution in [0.3, 0.4) is 0 Å². The number of rotatable bonds is 3. The fraction of sp³-hybridized carbons (Fsp3) is 0.417. The molecule has 1 aliphatic heterocycles. The summed E-state index contributed by atoms with van der Waals surface area (Å²) in [5.74, 6) is 0.136. The van der Waals surface area contributed by atoms with Crippen molar-refractivity contribution in [2.75, 3.05) is 13.1 Å². The second-order valence-electron chi connectivity index (χ2n) is 4.57. The summed E-state index contributed by atoms with van der Waals surface area (Å²) in [6.45, 7) is 3.37. The van der Waals surface area contributed by atoms with Gasteiger partial charge < -0.3 is 9.47 Å². The lowest BCUT2D eigenvalue weighted by Gasteiger charge is -2.40. The van der Waals surface area contributed by atoms with Gasteiger partial charge in [0.1, 0.15) is 6.04 Å². The zero-order chi connectivity index (χ0) is 12.5. The molecule has 0 bridgehead atoms. The van der Waals surface area contributed by atoms with Gasteiger partial charge in [-0.1, -0.05) is 0 Å². The summed E-state index contributed by atoms with van der Waals surface area (Å²) in [5, 5.41) is 4.19. The predicted molar refractivity (Wildman–Crippen MR) is 64.8 cm³/mol. The number of amides is 1. The molecule has 2 aromatic heterocycles. The van der Waals surface area contributed by atoms with Crippen molar-refractivity contribution in [3.8, 4) is 0 Å². The van der Waals surface area contributed by atoms with Crippen molar-refractivity contribution in [3.63, 3.8) is 0 Å². The Morgan fingerprint density at radius 3 is 2.78 bits per heavy atom.